The molecule has 0 fully saturated rings. The van der Waals surface area contributed by atoms with Crippen LogP contribution < -0.4 is 5.32 Å². The molecule has 0 radical (unpaired) electrons. The lowest BCUT2D eigenvalue weighted by Crippen LogP contribution is -2.32. The molecule has 4 nitrogen and oxygen atoms in total. The summed E-state index contributed by atoms with van der Waals surface area (Å²) in [4.78, 5) is 0.225. The Kier molecular flexibility index (Phi) is 7.20. The zero-order chi connectivity index (χ0) is 15.9. The Morgan fingerprint density at radius 1 is 1.38 bits per heavy atom. The molecule has 1 aromatic rings. The number of rotatable bonds is 8. The predicted molar refractivity (Wildman–Crippen MR) is 86.7 cm³/mol. The van der Waals surface area contributed by atoms with Crippen LogP contribution in [-0.2, 0) is 16.6 Å². The van der Waals surface area contributed by atoms with Gasteiger partial charge in [0.25, 0.3) is 0 Å². The molecule has 1 rings (SSSR count). The highest BCUT2D eigenvalue weighted by atomic mass is 35.5. The fourth-order valence-electron chi connectivity index (χ4n) is 1.89. The summed E-state index contributed by atoms with van der Waals surface area (Å²) < 4.78 is 26.5. The monoisotopic (exact) mass is 328 g/mol. The first-order valence-electron chi connectivity index (χ1n) is 6.90. The highest BCUT2D eigenvalue weighted by Gasteiger charge is 2.23. The summed E-state index contributed by atoms with van der Waals surface area (Å²) in [6, 6.07) is 4.74. The number of terminal acetylenes is 1. The molecule has 0 atom stereocenters. The van der Waals surface area contributed by atoms with E-state index in [0.717, 1.165) is 12.1 Å². The average molecular weight is 329 g/mol. The van der Waals surface area contributed by atoms with Gasteiger partial charge in [-0.3, -0.25) is 0 Å². The third kappa shape index (κ3) is 4.72. The predicted octanol–water partition coefficient (Wildman–Crippen LogP) is 2.48. The molecular weight excluding hydrogens is 308 g/mol. The molecule has 21 heavy (non-hydrogen) atoms. The maximum absolute atomic E-state index is 12.6. The lowest BCUT2D eigenvalue weighted by molar-refractivity contribution is 0.445. The van der Waals surface area contributed by atoms with E-state index < -0.39 is 10.0 Å². The first-order chi connectivity index (χ1) is 9.97. The average Bonchev–Trinajstić information content (AvgIpc) is 2.46. The third-order valence-electron chi connectivity index (χ3n) is 2.96. The molecule has 0 aliphatic carbocycles. The Labute approximate surface area is 132 Å². The van der Waals surface area contributed by atoms with Gasteiger partial charge in [0.05, 0.1) is 11.4 Å². The maximum atomic E-state index is 12.6. The van der Waals surface area contributed by atoms with Gasteiger partial charge in [-0.15, -0.1) is 6.42 Å². The van der Waals surface area contributed by atoms with Crippen molar-refractivity contribution in [3.8, 4) is 12.3 Å². The van der Waals surface area contributed by atoms with Crippen LogP contribution in [0, 0.1) is 12.3 Å². The van der Waals surface area contributed by atoms with Crippen LogP contribution >= 0.6 is 11.6 Å². The molecule has 0 spiro atoms. The number of benzene rings is 1. The topological polar surface area (TPSA) is 49.4 Å². The molecule has 0 amide bonds. The van der Waals surface area contributed by atoms with E-state index in [1.54, 1.807) is 12.1 Å². The van der Waals surface area contributed by atoms with Crippen molar-refractivity contribution in [1.82, 2.24) is 9.62 Å². The first kappa shape index (κ1) is 18.0. The van der Waals surface area contributed by atoms with Gasteiger partial charge in [-0.05, 0) is 36.7 Å². The quantitative estimate of drug-likeness (QED) is 0.746. The van der Waals surface area contributed by atoms with Crippen molar-refractivity contribution in [2.45, 2.75) is 31.7 Å². The van der Waals surface area contributed by atoms with Gasteiger partial charge in [-0.2, -0.15) is 4.31 Å². The molecule has 0 aromatic heterocycles. The fraction of sp³-hybridized carbons (Fsp3) is 0.467. The SMILES string of the molecule is C#CCN(CCC)S(=O)(=O)c1ccc(Cl)c(CNCC)c1. The highest BCUT2D eigenvalue weighted by Crippen LogP contribution is 2.23. The van der Waals surface area contributed by atoms with Crippen molar-refractivity contribution < 1.29 is 8.42 Å². The number of sulfonamides is 1. The van der Waals surface area contributed by atoms with Gasteiger partial charge in [0.1, 0.15) is 0 Å². The van der Waals surface area contributed by atoms with Crippen LogP contribution in [-0.4, -0.2) is 32.4 Å². The van der Waals surface area contributed by atoms with Gasteiger partial charge in [-0.25, -0.2) is 8.42 Å². The Morgan fingerprint density at radius 3 is 2.67 bits per heavy atom. The van der Waals surface area contributed by atoms with Crippen LogP contribution in [0.15, 0.2) is 23.1 Å². The molecule has 0 saturated heterocycles. The molecule has 0 bridgehead atoms. The van der Waals surface area contributed by atoms with Gasteiger partial charge < -0.3 is 5.32 Å². The Hall–Kier alpha value is -1.06. The van der Waals surface area contributed by atoms with Crippen molar-refractivity contribution in [1.29, 1.82) is 0 Å². The molecule has 6 heteroatoms. The lowest BCUT2D eigenvalue weighted by atomic mass is 10.2. The van der Waals surface area contributed by atoms with Crippen LogP contribution in [0.3, 0.4) is 0 Å². The van der Waals surface area contributed by atoms with Gasteiger partial charge in [0, 0.05) is 18.1 Å². The second-order valence-electron chi connectivity index (χ2n) is 4.58. The number of hydrogen-bond acceptors (Lipinski definition) is 3. The van der Waals surface area contributed by atoms with Crippen LogP contribution in [0.1, 0.15) is 25.8 Å². The van der Waals surface area contributed by atoms with Gasteiger partial charge in [0.15, 0.2) is 0 Å². The number of nitrogens with one attached hydrogen (secondary N) is 1. The molecular formula is C15H21ClN2O2S. The highest BCUT2D eigenvalue weighted by molar-refractivity contribution is 7.89. The third-order valence-corrected chi connectivity index (χ3v) is 5.17. The summed E-state index contributed by atoms with van der Waals surface area (Å²) in [5.41, 5.74) is 0.761. The minimum Gasteiger partial charge on any atom is -0.313 e. The van der Waals surface area contributed by atoms with E-state index in [9.17, 15) is 8.42 Å². The summed E-state index contributed by atoms with van der Waals surface area (Å²) in [5, 5.41) is 3.69. The van der Waals surface area contributed by atoms with Crippen molar-refractivity contribution >= 4 is 21.6 Å². The van der Waals surface area contributed by atoms with Crippen molar-refractivity contribution in [2.24, 2.45) is 0 Å². The van der Waals surface area contributed by atoms with Crippen molar-refractivity contribution in [3.05, 3.63) is 28.8 Å². The summed E-state index contributed by atoms with van der Waals surface area (Å²) in [5.74, 6) is 2.40. The Balaban J connectivity index is 3.15. The van der Waals surface area contributed by atoms with E-state index in [2.05, 4.69) is 11.2 Å². The van der Waals surface area contributed by atoms with Gasteiger partial charge in [0.2, 0.25) is 10.0 Å². The summed E-state index contributed by atoms with van der Waals surface area (Å²) in [6.07, 6.45) is 5.97. The summed E-state index contributed by atoms with van der Waals surface area (Å²) in [6.45, 7) is 5.68. The summed E-state index contributed by atoms with van der Waals surface area (Å²) in [7, 11) is -3.59. The standard InChI is InChI=1S/C15H21ClN2O2S/c1-4-9-18(10-5-2)21(19,20)14-7-8-15(16)13(11-14)12-17-6-3/h1,7-8,11,17H,5-6,9-10,12H2,2-3H3. The van der Waals surface area contributed by atoms with Gasteiger partial charge in [-0.1, -0.05) is 31.4 Å². The normalized spacial score (nSPS) is 11.6. The summed E-state index contributed by atoms with van der Waals surface area (Å²) >= 11 is 6.10. The Bertz CT molecular complexity index is 609. The number of halogens is 1. The maximum Gasteiger partial charge on any atom is 0.243 e. The van der Waals surface area contributed by atoms with E-state index in [0.29, 0.717) is 24.5 Å². The smallest absolute Gasteiger partial charge is 0.243 e. The van der Waals surface area contributed by atoms with E-state index in [1.807, 2.05) is 13.8 Å². The number of nitrogens with zero attached hydrogens (tertiary/aromatic N) is 1. The van der Waals surface area contributed by atoms with Gasteiger partial charge >= 0.3 is 0 Å². The van der Waals surface area contributed by atoms with Crippen LogP contribution in [0.25, 0.3) is 0 Å². The molecule has 116 valence electrons. The minimum absolute atomic E-state index is 0.0708. The molecule has 0 aliphatic rings. The fourth-order valence-corrected chi connectivity index (χ4v) is 3.57. The lowest BCUT2D eigenvalue weighted by Gasteiger charge is -2.20. The van der Waals surface area contributed by atoms with Crippen molar-refractivity contribution in [2.75, 3.05) is 19.6 Å². The van der Waals surface area contributed by atoms with Crippen LogP contribution in [0.4, 0.5) is 0 Å². The molecule has 0 saturated carbocycles. The van der Waals surface area contributed by atoms with E-state index in [1.165, 1.54) is 10.4 Å². The van der Waals surface area contributed by atoms with Crippen LogP contribution in [0.5, 0.6) is 0 Å². The zero-order valence-electron chi connectivity index (χ0n) is 12.4. The minimum atomic E-state index is -3.59. The van der Waals surface area contributed by atoms with Crippen LogP contribution in [0.2, 0.25) is 5.02 Å². The molecule has 0 heterocycles. The van der Waals surface area contributed by atoms with E-state index in [4.69, 9.17) is 18.0 Å². The molecule has 1 N–H and O–H groups in total. The van der Waals surface area contributed by atoms with Crippen molar-refractivity contribution in [3.63, 3.8) is 0 Å². The second-order valence-corrected chi connectivity index (χ2v) is 6.92. The number of hydrogen-bond donors (Lipinski definition) is 1. The Morgan fingerprint density at radius 2 is 2.10 bits per heavy atom. The molecule has 0 unspecified atom stereocenters. The first-order valence-corrected chi connectivity index (χ1v) is 8.71. The second kappa shape index (κ2) is 8.40. The van der Waals surface area contributed by atoms with E-state index in [-0.39, 0.29) is 11.4 Å². The van der Waals surface area contributed by atoms with E-state index >= 15 is 0 Å². The molecule has 0 aliphatic heterocycles. The molecule has 1 aromatic carbocycles. The zero-order valence-corrected chi connectivity index (χ0v) is 14.0. The largest absolute Gasteiger partial charge is 0.313 e.